The van der Waals surface area contributed by atoms with Gasteiger partial charge in [0, 0.05) is 11.6 Å². The first-order valence-electron chi connectivity index (χ1n) is 10.5. The summed E-state index contributed by atoms with van der Waals surface area (Å²) in [6.07, 6.45) is 8.16. The molecule has 2 aliphatic rings. The zero-order chi connectivity index (χ0) is 18.8. The molecule has 2 nitrogen and oxygen atoms in total. The molecular formula is C25H31NO. The van der Waals surface area contributed by atoms with Gasteiger partial charge in [-0.3, -0.25) is 0 Å². The number of hydrogen-bond acceptors (Lipinski definition) is 2. The highest BCUT2D eigenvalue weighted by molar-refractivity contribution is 5.61. The van der Waals surface area contributed by atoms with Crippen LogP contribution in [0.1, 0.15) is 74.6 Å². The van der Waals surface area contributed by atoms with E-state index in [1.54, 1.807) is 0 Å². The Morgan fingerprint density at radius 2 is 1.93 bits per heavy atom. The average Bonchev–Trinajstić information content (AvgIpc) is 3.18. The summed E-state index contributed by atoms with van der Waals surface area (Å²) in [6.45, 7) is 7.50. The lowest BCUT2D eigenvalue weighted by Gasteiger charge is -2.37. The van der Waals surface area contributed by atoms with E-state index in [2.05, 4.69) is 80.7 Å². The van der Waals surface area contributed by atoms with Crippen LogP contribution in [0.2, 0.25) is 0 Å². The van der Waals surface area contributed by atoms with Crippen molar-refractivity contribution < 1.29 is 4.74 Å². The second kappa shape index (κ2) is 7.80. The molecule has 0 bridgehead atoms. The van der Waals surface area contributed by atoms with Gasteiger partial charge in [0.1, 0.15) is 5.75 Å². The quantitative estimate of drug-likeness (QED) is 0.450. The molecule has 1 aliphatic carbocycles. The van der Waals surface area contributed by atoms with Crippen molar-refractivity contribution in [1.29, 1.82) is 0 Å². The maximum absolute atomic E-state index is 5.96. The average molecular weight is 362 g/mol. The van der Waals surface area contributed by atoms with Crippen molar-refractivity contribution in [2.45, 2.75) is 57.9 Å². The van der Waals surface area contributed by atoms with Crippen LogP contribution in [0.15, 0.2) is 54.6 Å². The maximum atomic E-state index is 5.96. The summed E-state index contributed by atoms with van der Waals surface area (Å²) >= 11 is 0. The molecule has 1 N–H and O–H groups in total. The van der Waals surface area contributed by atoms with Crippen LogP contribution in [0.25, 0.3) is 0 Å². The van der Waals surface area contributed by atoms with Crippen molar-refractivity contribution in [2.24, 2.45) is 5.92 Å². The largest absolute Gasteiger partial charge is 0.494 e. The third-order valence-electron chi connectivity index (χ3n) is 6.06. The maximum Gasteiger partial charge on any atom is 0.119 e. The van der Waals surface area contributed by atoms with E-state index in [9.17, 15) is 0 Å². The molecule has 0 fully saturated rings. The molecule has 1 aliphatic heterocycles. The lowest BCUT2D eigenvalue weighted by molar-refractivity contribution is 0.308. The van der Waals surface area contributed by atoms with Gasteiger partial charge in [0.15, 0.2) is 0 Å². The monoisotopic (exact) mass is 361 g/mol. The number of anilines is 1. The highest BCUT2D eigenvalue weighted by Gasteiger charge is 2.38. The molecule has 3 unspecified atom stereocenters. The van der Waals surface area contributed by atoms with Gasteiger partial charge >= 0.3 is 0 Å². The topological polar surface area (TPSA) is 21.3 Å². The Morgan fingerprint density at radius 1 is 1.11 bits per heavy atom. The minimum atomic E-state index is 0.366. The molecular weight excluding hydrogens is 330 g/mol. The number of benzene rings is 2. The Labute approximate surface area is 163 Å². The molecule has 0 saturated heterocycles. The predicted molar refractivity (Wildman–Crippen MR) is 114 cm³/mol. The first-order chi connectivity index (χ1) is 13.2. The molecule has 142 valence electrons. The molecule has 1 heterocycles. The van der Waals surface area contributed by atoms with Gasteiger partial charge in [-0.15, -0.1) is 0 Å². The summed E-state index contributed by atoms with van der Waals surface area (Å²) in [5, 5.41) is 3.83. The number of allylic oxidation sites excluding steroid dienone is 2. The van der Waals surface area contributed by atoms with Crippen LogP contribution in [-0.4, -0.2) is 6.61 Å². The van der Waals surface area contributed by atoms with Crippen LogP contribution in [0.4, 0.5) is 5.69 Å². The number of unbranched alkanes of at least 4 members (excludes halogenated alkanes) is 1. The Balaban J connectivity index is 1.60. The fourth-order valence-corrected chi connectivity index (χ4v) is 4.41. The molecule has 27 heavy (non-hydrogen) atoms. The number of rotatable bonds is 6. The van der Waals surface area contributed by atoms with Crippen molar-refractivity contribution in [2.75, 3.05) is 11.9 Å². The molecule has 2 aromatic rings. The molecule has 2 aromatic carbocycles. The minimum absolute atomic E-state index is 0.366. The molecule has 0 amide bonds. The predicted octanol–water partition coefficient (Wildman–Crippen LogP) is 6.82. The first kappa shape index (κ1) is 18.2. The fourth-order valence-electron chi connectivity index (χ4n) is 4.41. The third-order valence-corrected chi connectivity index (χ3v) is 6.06. The van der Waals surface area contributed by atoms with Gasteiger partial charge < -0.3 is 10.1 Å². The second-order valence-electron chi connectivity index (χ2n) is 8.25. The van der Waals surface area contributed by atoms with Gasteiger partial charge in [0.25, 0.3) is 0 Å². The van der Waals surface area contributed by atoms with E-state index in [4.69, 9.17) is 4.74 Å². The minimum Gasteiger partial charge on any atom is -0.494 e. The molecule has 0 spiro atoms. The third kappa shape index (κ3) is 3.63. The Morgan fingerprint density at radius 3 is 2.67 bits per heavy atom. The SMILES string of the molecule is CCCCOc1ccc2c(c1)C1C=CCC1C(c1ccc(C(C)C)cc1)N2. The van der Waals surface area contributed by atoms with E-state index in [0.717, 1.165) is 31.6 Å². The van der Waals surface area contributed by atoms with Gasteiger partial charge in [-0.1, -0.05) is 63.6 Å². The van der Waals surface area contributed by atoms with Crippen molar-refractivity contribution in [1.82, 2.24) is 0 Å². The smallest absolute Gasteiger partial charge is 0.119 e. The summed E-state index contributed by atoms with van der Waals surface area (Å²) in [7, 11) is 0. The number of hydrogen-bond donors (Lipinski definition) is 1. The van der Waals surface area contributed by atoms with Crippen LogP contribution in [0, 0.1) is 5.92 Å². The summed E-state index contributed by atoms with van der Waals surface area (Å²) < 4.78 is 5.96. The van der Waals surface area contributed by atoms with Gasteiger partial charge in [-0.25, -0.2) is 0 Å². The summed E-state index contributed by atoms with van der Waals surface area (Å²) in [5.74, 6) is 2.63. The van der Waals surface area contributed by atoms with Crippen LogP contribution in [0.5, 0.6) is 5.75 Å². The van der Waals surface area contributed by atoms with Gasteiger partial charge in [-0.05, 0) is 59.6 Å². The van der Waals surface area contributed by atoms with Crippen molar-refractivity contribution in [3.8, 4) is 5.75 Å². The fraction of sp³-hybridized carbons (Fsp3) is 0.440. The van der Waals surface area contributed by atoms with E-state index in [1.807, 2.05) is 0 Å². The van der Waals surface area contributed by atoms with Gasteiger partial charge in [0.05, 0.1) is 12.6 Å². The molecule has 0 saturated carbocycles. The zero-order valence-electron chi connectivity index (χ0n) is 16.7. The lowest BCUT2D eigenvalue weighted by Crippen LogP contribution is -2.29. The number of fused-ring (bicyclic) bond motifs is 3. The van der Waals surface area contributed by atoms with Crippen LogP contribution < -0.4 is 10.1 Å². The van der Waals surface area contributed by atoms with Crippen molar-refractivity contribution in [3.05, 3.63) is 71.3 Å². The van der Waals surface area contributed by atoms with Crippen LogP contribution in [-0.2, 0) is 0 Å². The van der Waals surface area contributed by atoms with Crippen LogP contribution in [0.3, 0.4) is 0 Å². The second-order valence-corrected chi connectivity index (χ2v) is 8.25. The lowest BCUT2D eigenvalue weighted by atomic mass is 9.77. The summed E-state index contributed by atoms with van der Waals surface area (Å²) in [6, 6.07) is 16.1. The molecule has 4 rings (SSSR count). The number of ether oxygens (including phenoxy) is 1. The molecule has 3 atom stereocenters. The first-order valence-corrected chi connectivity index (χ1v) is 10.5. The molecule has 0 radical (unpaired) electrons. The zero-order valence-corrected chi connectivity index (χ0v) is 16.7. The summed E-state index contributed by atoms with van der Waals surface area (Å²) in [5.41, 5.74) is 5.44. The van der Waals surface area contributed by atoms with Gasteiger partial charge in [0.2, 0.25) is 0 Å². The number of nitrogens with one attached hydrogen (secondary N) is 1. The molecule has 2 heteroatoms. The summed E-state index contributed by atoms with van der Waals surface area (Å²) in [4.78, 5) is 0. The van der Waals surface area contributed by atoms with E-state index in [-0.39, 0.29) is 0 Å². The van der Waals surface area contributed by atoms with Crippen molar-refractivity contribution >= 4 is 5.69 Å². The Bertz CT molecular complexity index is 806. The van der Waals surface area contributed by atoms with E-state index >= 15 is 0 Å². The Kier molecular flexibility index (Phi) is 5.24. The van der Waals surface area contributed by atoms with Crippen molar-refractivity contribution in [3.63, 3.8) is 0 Å². The van der Waals surface area contributed by atoms with Gasteiger partial charge in [-0.2, -0.15) is 0 Å². The van der Waals surface area contributed by atoms with Crippen LogP contribution >= 0.6 is 0 Å². The van der Waals surface area contributed by atoms with E-state index in [1.165, 1.54) is 22.4 Å². The highest BCUT2D eigenvalue weighted by Crippen LogP contribution is 2.50. The van der Waals surface area contributed by atoms with E-state index in [0.29, 0.717) is 23.8 Å². The standard InChI is InChI=1S/C25H31NO/c1-4-5-15-27-20-13-14-24-23(16-20)21-7-6-8-22(21)25(26-24)19-11-9-18(10-12-19)17(2)3/h6-7,9-14,16-17,21-22,25-26H,4-5,8,15H2,1-3H3. The Hall–Kier alpha value is -2.22. The highest BCUT2D eigenvalue weighted by atomic mass is 16.5. The van der Waals surface area contributed by atoms with E-state index < -0.39 is 0 Å². The molecule has 0 aromatic heterocycles. The normalized spacial score (nSPS) is 23.0.